The number of ether oxygens (including phenoxy) is 4. The van der Waals surface area contributed by atoms with Crippen molar-refractivity contribution in [3.8, 4) is 0 Å². The number of hydrogen-bond acceptors (Lipinski definition) is 15. The summed E-state index contributed by atoms with van der Waals surface area (Å²) in [7, 11) is 0. The molecule has 2 fully saturated rings. The molecular formula is C29H34F2N10O9. The second kappa shape index (κ2) is 15.1. The van der Waals surface area contributed by atoms with Gasteiger partial charge in [-0.05, 0) is 6.42 Å². The molecule has 2 amide bonds. The van der Waals surface area contributed by atoms with Crippen molar-refractivity contribution in [2.75, 3.05) is 17.2 Å². The van der Waals surface area contributed by atoms with Crippen LogP contribution in [-0.2, 0) is 38.1 Å². The molecule has 0 bridgehead atoms. The Hall–Kier alpha value is -5.28. The summed E-state index contributed by atoms with van der Waals surface area (Å²) >= 11 is 0. The number of aliphatic hydroxyl groups excluding tert-OH is 1. The van der Waals surface area contributed by atoms with Crippen molar-refractivity contribution < 1.29 is 52.0 Å². The van der Waals surface area contributed by atoms with Crippen molar-refractivity contribution in [3.63, 3.8) is 0 Å². The average molecular weight is 705 g/mol. The zero-order valence-corrected chi connectivity index (χ0v) is 27.4. The summed E-state index contributed by atoms with van der Waals surface area (Å²) in [5.74, 6) is -1.50. The van der Waals surface area contributed by atoms with Crippen LogP contribution in [0.1, 0.15) is 53.5 Å². The highest BCUT2D eigenvalue weighted by molar-refractivity contribution is 5.96. The number of imidazole rings is 2. The van der Waals surface area contributed by atoms with Crippen LogP contribution in [-0.4, -0.2) is 111 Å². The zero-order valence-electron chi connectivity index (χ0n) is 27.4. The van der Waals surface area contributed by atoms with E-state index in [1.165, 1.54) is 55.2 Å². The van der Waals surface area contributed by atoms with Crippen LogP contribution in [0.2, 0.25) is 0 Å². The fraction of sp³-hybridized carbons (Fsp3) is 0.517. The second-order valence-electron chi connectivity index (χ2n) is 11.2. The number of amides is 2. The van der Waals surface area contributed by atoms with Crippen LogP contribution in [0.4, 0.5) is 20.4 Å². The number of nitrogens with zero attached hydrogens (tertiary/aromatic N) is 8. The highest BCUT2D eigenvalue weighted by Crippen LogP contribution is 2.38. The summed E-state index contributed by atoms with van der Waals surface area (Å²) in [5.41, 5.74) is 1.19. The monoisotopic (exact) mass is 704 g/mol. The summed E-state index contributed by atoms with van der Waals surface area (Å²) in [6.07, 6.45) is -3.79. The highest BCUT2D eigenvalue weighted by Gasteiger charge is 2.49. The number of nitrogens with one attached hydrogen (secondary N) is 2. The predicted molar refractivity (Wildman–Crippen MR) is 165 cm³/mol. The molecule has 0 aliphatic carbocycles. The van der Waals surface area contributed by atoms with Crippen molar-refractivity contribution in [3.05, 3.63) is 25.3 Å². The molecule has 4 aromatic heterocycles. The average Bonchev–Trinajstić information content (AvgIpc) is 3.82. The predicted octanol–water partition coefficient (Wildman–Crippen LogP) is 1.31. The van der Waals surface area contributed by atoms with Gasteiger partial charge in [-0.2, -0.15) is 0 Å². The Labute approximate surface area is 281 Å². The Morgan fingerprint density at radius 1 is 0.740 bits per heavy atom. The van der Waals surface area contributed by atoms with E-state index < -0.39 is 67.8 Å². The molecule has 21 heteroatoms. The lowest BCUT2D eigenvalue weighted by Crippen LogP contribution is -2.33. The fourth-order valence-electron chi connectivity index (χ4n) is 5.54. The quantitative estimate of drug-likeness (QED) is 0.219. The van der Waals surface area contributed by atoms with Crippen molar-refractivity contribution in [2.45, 2.75) is 90.3 Å². The summed E-state index contributed by atoms with van der Waals surface area (Å²) in [6.45, 7) is 6.25. The molecule has 50 heavy (non-hydrogen) atoms. The number of halogens is 2. The van der Waals surface area contributed by atoms with Gasteiger partial charge in [0.25, 0.3) is 0 Å². The molecule has 268 valence electrons. The van der Waals surface area contributed by atoms with Crippen molar-refractivity contribution in [1.29, 1.82) is 0 Å². The van der Waals surface area contributed by atoms with Crippen molar-refractivity contribution >= 4 is 57.7 Å². The number of aromatic nitrogens is 8. The van der Waals surface area contributed by atoms with Gasteiger partial charge in [0.2, 0.25) is 11.8 Å². The minimum absolute atomic E-state index is 0.189. The molecule has 0 aromatic carbocycles. The van der Waals surface area contributed by atoms with Crippen LogP contribution in [0.3, 0.4) is 0 Å². The van der Waals surface area contributed by atoms with Crippen LogP contribution < -0.4 is 10.6 Å². The molecule has 0 radical (unpaired) electrons. The molecular weight excluding hydrogens is 670 g/mol. The Morgan fingerprint density at radius 3 is 1.54 bits per heavy atom. The molecule has 2 aliphatic rings. The number of aliphatic hydroxyl groups is 1. The van der Waals surface area contributed by atoms with E-state index in [-0.39, 0.29) is 34.6 Å². The Balaban J connectivity index is 0.000000194. The molecule has 2 unspecified atom stereocenters. The van der Waals surface area contributed by atoms with E-state index in [1.54, 1.807) is 6.92 Å². The number of hydrogen-bond donors (Lipinski definition) is 3. The normalized spacial score (nSPS) is 25.9. The summed E-state index contributed by atoms with van der Waals surface area (Å²) in [6, 6.07) is 0. The van der Waals surface area contributed by atoms with E-state index >= 15 is 0 Å². The van der Waals surface area contributed by atoms with E-state index in [0.717, 1.165) is 6.92 Å². The van der Waals surface area contributed by atoms with Crippen LogP contribution in [0, 0.1) is 0 Å². The SMILES string of the molecule is CC(=O)Nc1ncnc2c1ncn2[C@@H]1O[C@H](CO)C(F)[C@@H]1OC(C)=O.CC[C@H]1O[C@@H](n2cnc3c(NC(C)=O)ncnc32)[C@@H](OC(C)=O)C1F. The van der Waals surface area contributed by atoms with Gasteiger partial charge in [0.15, 0.2) is 71.0 Å². The van der Waals surface area contributed by atoms with E-state index in [1.807, 2.05) is 0 Å². The number of fused-ring (bicyclic) bond motifs is 2. The lowest BCUT2D eigenvalue weighted by molar-refractivity contribution is -0.154. The molecule has 0 saturated carbocycles. The highest BCUT2D eigenvalue weighted by atomic mass is 19.1. The molecule has 6 heterocycles. The lowest BCUT2D eigenvalue weighted by atomic mass is 10.1. The maximum Gasteiger partial charge on any atom is 0.303 e. The first-order valence-electron chi connectivity index (χ1n) is 15.3. The summed E-state index contributed by atoms with van der Waals surface area (Å²) < 4.78 is 53.2. The van der Waals surface area contributed by atoms with Crippen LogP contribution in [0.15, 0.2) is 25.3 Å². The number of alkyl halides is 2. The number of carbonyl (C=O) groups is 4. The fourth-order valence-corrected chi connectivity index (χ4v) is 5.54. The molecule has 2 aliphatic heterocycles. The first kappa shape index (κ1) is 36.0. The van der Waals surface area contributed by atoms with Gasteiger partial charge in [-0.1, -0.05) is 6.92 Å². The van der Waals surface area contributed by atoms with E-state index in [2.05, 4.69) is 40.5 Å². The minimum atomic E-state index is -1.71. The van der Waals surface area contributed by atoms with E-state index in [4.69, 9.17) is 18.9 Å². The minimum Gasteiger partial charge on any atom is -0.454 e. The third-order valence-electron chi connectivity index (χ3n) is 7.57. The van der Waals surface area contributed by atoms with Gasteiger partial charge in [0, 0.05) is 27.7 Å². The second-order valence-corrected chi connectivity index (χ2v) is 11.2. The number of carbonyl (C=O) groups excluding carboxylic acids is 4. The largest absolute Gasteiger partial charge is 0.454 e. The zero-order chi connectivity index (χ0) is 36.3. The first-order chi connectivity index (χ1) is 23.8. The smallest absolute Gasteiger partial charge is 0.303 e. The van der Waals surface area contributed by atoms with Gasteiger partial charge in [-0.15, -0.1) is 0 Å². The maximum atomic E-state index is 14.6. The van der Waals surface area contributed by atoms with E-state index in [9.17, 15) is 33.1 Å². The number of esters is 2. The Kier molecular flexibility index (Phi) is 10.9. The van der Waals surface area contributed by atoms with Crippen LogP contribution in [0.5, 0.6) is 0 Å². The maximum absolute atomic E-state index is 14.6. The molecule has 8 atom stereocenters. The third-order valence-corrected chi connectivity index (χ3v) is 7.57. The lowest BCUT2D eigenvalue weighted by Gasteiger charge is -2.20. The standard InChI is InChI=1S/C15H18FN5O4.C14H16FN5O5/c1-4-9-10(16)12(24-8(3)23)15(25-9)21-6-19-11-13(20-7(2)22)17-5-18-14(11)21;1-6(22)19-12-10-13(17-4-16-12)20(5-18-10)14-11(24-7(2)23)9(15)8(3-21)25-14/h5-6,9-10,12,15H,4H2,1-3H3,(H,17,18,20,22);4-5,8-9,11,14,21H,3H2,1-2H3,(H,16,17,19,22)/t9-,10?,12+,15-;8-,9?,11+,14-/m11/s1. The topological polar surface area (TPSA) is 237 Å². The van der Waals surface area contributed by atoms with E-state index in [0.29, 0.717) is 17.6 Å². The first-order valence-corrected chi connectivity index (χ1v) is 15.3. The van der Waals surface area contributed by atoms with Crippen molar-refractivity contribution in [2.24, 2.45) is 0 Å². The van der Waals surface area contributed by atoms with Crippen molar-refractivity contribution in [1.82, 2.24) is 39.0 Å². The molecule has 6 rings (SSSR count). The Bertz CT molecular complexity index is 1760. The molecule has 0 spiro atoms. The summed E-state index contributed by atoms with van der Waals surface area (Å²) in [5, 5.41) is 14.3. The van der Waals surface area contributed by atoms with Crippen LogP contribution in [0.25, 0.3) is 22.3 Å². The number of anilines is 2. The molecule has 4 aromatic rings. The van der Waals surface area contributed by atoms with Gasteiger partial charge >= 0.3 is 11.9 Å². The van der Waals surface area contributed by atoms with Gasteiger partial charge in [-0.25, -0.2) is 38.7 Å². The molecule has 19 nitrogen and oxygen atoms in total. The van der Waals surface area contributed by atoms with Gasteiger partial charge in [-0.3, -0.25) is 28.3 Å². The third kappa shape index (κ3) is 7.33. The van der Waals surface area contributed by atoms with Crippen LogP contribution >= 0.6 is 0 Å². The van der Waals surface area contributed by atoms with Gasteiger partial charge in [0.05, 0.1) is 25.4 Å². The molecule has 3 N–H and O–H groups in total. The van der Waals surface area contributed by atoms with Gasteiger partial charge < -0.3 is 34.7 Å². The summed E-state index contributed by atoms with van der Waals surface area (Å²) in [4.78, 5) is 69.6. The Morgan fingerprint density at radius 2 is 1.16 bits per heavy atom. The molecule has 2 saturated heterocycles. The number of rotatable bonds is 8. The van der Waals surface area contributed by atoms with Gasteiger partial charge in [0.1, 0.15) is 18.8 Å².